The number of nitrogens with zero attached hydrogens (tertiary/aromatic N) is 4. The van der Waals surface area contributed by atoms with Gasteiger partial charge in [-0.1, -0.05) is 36.4 Å². The number of rotatable bonds is 2. The van der Waals surface area contributed by atoms with Crippen LogP contribution in [0.2, 0.25) is 0 Å². The fourth-order valence-electron chi connectivity index (χ4n) is 4.36. The summed E-state index contributed by atoms with van der Waals surface area (Å²) in [5, 5.41) is 6.99. The predicted molar refractivity (Wildman–Crippen MR) is 110 cm³/mol. The average molecular weight is 366 g/mol. The van der Waals surface area contributed by atoms with Crippen LogP contribution >= 0.6 is 0 Å². The third-order valence-corrected chi connectivity index (χ3v) is 5.72. The van der Waals surface area contributed by atoms with Gasteiger partial charge in [0, 0.05) is 17.3 Å². The molecule has 28 heavy (non-hydrogen) atoms. The van der Waals surface area contributed by atoms with Gasteiger partial charge in [0.25, 0.3) is 0 Å². The van der Waals surface area contributed by atoms with Crippen LogP contribution < -0.4 is 5.73 Å². The molecule has 5 aromatic rings. The lowest BCUT2D eigenvalue weighted by Crippen LogP contribution is -2.11. The maximum absolute atomic E-state index is 6.27. The average Bonchev–Trinajstić information content (AvgIpc) is 3.43. The summed E-state index contributed by atoms with van der Waals surface area (Å²) in [5.74, 6) is 0.466. The minimum atomic E-state index is 0.233. The van der Waals surface area contributed by atoms with E-state index in [4.69, 9.17) is 10.8 Å². The molecular weight excluding hydrogens is 348 g/mol. The van der Waals surface area contributed by atoms with Crippen LogP contribution in [0.3, 0.4) is 0 Å². The van der Waals surface area contributed by atoms with Crippen molar-refractivity contribution in [1.82, 2.24) is 24.7 Å². The third-order valence-electron chi connectivity index (χ3n) is 5.72. The number of nitrogens with two attached hydrogens (primary N) is 1. The van der Waals surface area contributed by atoms with E-state index in [1.54, 1.807) is 0 Å². The molecule has 0 atom stereocenters. The van der Waals surface area contributed by atoms with E-state index in [0.717, 1.165) is 40.6 Å². The first-order valence-corrected chi connectivity index (χ1v) is 9.41. The zero-order valence-corrected chi connectivity index (χ0v) is 15.1. The SMILES string of the molecule is Nc1ncnc2c1c(-c1ccc3cc[nH]c3c1)nn2C1Cc2ccccc2C1. The van der Waals surface area contributed by atoms with Gasteiger partial charge in [0.15, 0.2) is 5.65 Å². The normalized spacial score (nSPS) is 14.1. The number of nitrogens with one attached hydrogen (secondary N) is 1. The number of hydrogen-bond acceptors (Lipinski definition) is 4. The zero-order valence-electron chi connectivity index (χ0n) is 15.1. The lowest BCUT2D eigenvalue weighted by atomic mass is 10.1. The Morgan fingerprint density at radius 2 is 1.82 bits per heavy atom. The van der Waals surface area contributed by atoms with Crippen LogP contribution in [0.4, 0.5) is 5.82 Å². The van der Waals surface area contributed by atoms with E-state index in [1.165, 1.54) is 22.8 Å². The van der Waals surface area contributed by atoms with Gasteiger partial charge in [-0.15, -0.1) is 0 Å². The van der Waals surface area contributed by atoms with Crippen molar-refractivity contribution < 1.29 is 0 Å². The standard InChI is InChI=1S/C22H18N6/c23-21-19-20(16-6-5-13-7-8-24-18(13)11-16)27-28(22(19)26-12-25-21)17-9-14-3-1-2-4-15(14)10-17/h1-8,11-12,17,24H,9-10H2,(H2,23,25,26). The summed E-state index contributed by atoms with van der Waals surface area (Å²) in [6, 6.07) is 17.2. The first-order valence-electron chi connectivity index (χ1n) is 9.41. The molecule has 1 aliphatic rings. The van der Waals surface area contributed by atoms with Gasteiger partial charge in [-0.3, -0.25) is 0 Å². The quantitative estimate of drug-likeness (QED) is 0.496. The molecule has 0 unspecified atom stereocenters. The molecule has 6 nitrogen and oxygen atoms in total. The molecular formula is C22H18N6. The molecule has 0 fully saturated rings. The number of nitrogen functional groups attached to an aromatic ring is 1. The van der Waals surface area contributed by atoms with E-state index < -0.39 is 0 Å². The van der Waals surface area contributed by atoms with E-state index in [2.05, 4.69) is 63.5 Å². The summed E-state index contributed by atoms with van der Waals surface area (Å²) >= 11 is 0. The van der Waals surface area contributed by atoms with Gasteiger partial charge in [0.2, 0.25) is 0 Å². The van der Waals surface area contributed by atoms with Crippen molar-refractivity contribution >= 4 is 27.8 Å². The molecule has 0 amide bonds. The summed E-state index contributed by atoms with van der Waals surface area (Å²) in [5.41, 5.74) is 12.7. The molecule has 2 aromatic carbocycles. The number of H-pyrrole nitrogens is 1. The molecule has 136 valence electrons. The molecule has 6 heteroatoms. The van der Waals surface area contributed by atoms with Crippen molar-refractivity contribution in [2.24, 2.45) is 0 Å². The first kappa shape index (κ1) is 15.4. The van der Waals surface area contributed by atoms with Crippen LogP contribution in [0.25, 0.3) is 33.2 Å². The van der Waals surface area contributed by atoms with Gasteiger partial charge in [0.05, 0.1) is 11.4 Å². The van der Waals surface area contributed by atoms with Gasteiger partial charge < -0.3 is 10.7 Å². The highest BCUT2D eigenvalue weighted by atomic mass is 15.3. The molecule has 1 aliphatic carbocycles. The molecule has 6 rings (SSSR count). The summed E-state index contributed by atoms with van der Waals surface area (Å²) in [4.78, 5) is 12.0. The Balaban J connectivity index is 1.55. The number of anilines is 1. The minimum Gasteiger partial charge on any atom is -0.383 e. The van der Waals surface area contributed by atoms with Crippen LogP contribution in [0, 0.1) is 0 Å². The van der Waals surface area contributed by atoms with Gasteiger partial charge in [-0.25, -0.2) is 14.6 Å². The number of aromatic amines is 1. The van der Waals surface area contributed by atoms with Crippen molar-refractivity contribution in [3.63, 3.8) is 0 Å². The van der Waals surface area contributed by atoms with Crippen LogP contribution in [-0.2, 0) is 12.8 Å². The van der Waals surface area contributed by atoms with Gasteiger partial charge in [-0.05, 0) is 41.5 Å². The second-order valence-corrected chi connectivity index (χ2v) is 7.36. The molecule has 0 spiro atoms. The number of aromatic nitrogens is 5. The zero-order chi connectivity index (χ0) is 18.7. The molecule has 0 radical (unpaired) electrons. The predicted octanol–water partition coefficient (Wildman–Crippen LogP) is 3.90. The number of fused-ring (bicyclic) bond motifs is 3. The van der Waals surface area contributed by atoms with E-state index >= 15 is 0 Å². The number of hydrogen-bond donors (Lipinski definition) is 2. The van der Waals surface area contributed by atoms with Crippen LogP contribution in [-0.4, -0.2) is 24.7 Å². The molecule has 3 aromatic heterocycles. The Morgan fingerprint density at radius 1 is 1.00 bits per heavy atom. The maximum Gasteiger partial charge on any atom is 0.164 e. The Kier molecular flexibility index (Phi) is 3.11. The van der Waals surface area contributed by atoms with E-state index in [1.807, 2.05) is 10.9 Å². The topological polar surface area (TPSA) is 85.4 Å². The number of benzene rings is 2. The maximum atomic E-state index is 6.27. The largest absolute Gasteiger partial charge is 0.383 e. The lowest BCUT2D eigenvalue weighted by molar-refractivity contribution is 0.488. The second-order valence-electron chi connectivity index (χ2n) is 7.36. The Morgan fingerprint density at radius 3 is 2.64 bits per heavy atom. The van der Waals surface area contributed by atoms with Gasteiger partial charge >= 0.3 is 0 Å². The van der Waals surface area contributed by atoms with Crippen molar-refractivity contribution in [1.29, 1.82) is 0 Å². The molecule has 0 aliphatic heterocycles. The highest BCUT2D eigenvalue weighted by Gasteiger charge is 2.27. The van der Waals surface area contributed by atoms with Gasteiger partial charge in [0.1, 0.15) is 17.8 Å². The van der Waals surface area contributed by atoms with Crippen molar-refractivity contribution in [3.05, 3.63) is 72.2 Å². The highest BCUT2D eigenvalue weighted by Crippen LogP contribution is 2.36. The van der Waals surface area contributed by atoms with E-state index in [9.17, 15) is 0 Å². The van der Waals surface area contributed by atoms with Crippen LogP contribution in [0.5, 0.6) is 0 Å². The van der Waals surface area contributed by atoms with Crippen molar-refractivity contribution in [3.8, 4) is 11.3 Å². The molecule has 3 N–H and O–H groups in total. The Hall–Kier alpha value is -3.67. The van der Waals surface area contributed by atoms with Crippen molar-refractivity contribution in [2.45, 2.75) is 18.9 Å². The summed E-state index contributed by atoms with van der Waals surface area (Å²) in [6.07, 6.45) is 5.37. The molecule has 0 bridgehead atoms. The minimum absolute atomic E-state index is 0.233. The van der Waals surface area contributed by atoms with Crippen LogP contribution in [0.15, 0.2) is 61.1 Å². The first-order chi connectivity index (χ1) is 13.8. The monoisotopic (exact) mass is 366 g/mol. The highest BCUT2D eigenvalue weighted by molar-refractivity contribution is 5.99. The second kappa shape index (κ2) is 5.66. The van der Waals surface area contributed by atoms with Crippen LogP contribution in [0.1, 0.15) is 17.2 Å². The molecule has 3 heterocycles. The summed E-state index contributed by atoms with van der Waals surface area (Å²) in [6.45, 7) is 0. The van der Waals surface area contributed by atoms with E-state index in [-0.39, 0.29) is 6.04 Å². The summed E-state index contributed by atoms with van der Waals surface area (Å²) < 4.78 is 2.04. The van der Waals surface area contributed by atoms with E-state index in [0.29, 0.717) is 5.82 Å². The van der Waals surface area contributed by atoms with Crippen molar-refractivity contribution in [2.75, 3.05) is 5.73 Å². The lowest BCUT2D eigenvalue weighted by Gasteiger charge is -2.10. The smallest absolute Gasteiger partial charge is 0.164 e. The Labute approximate surface area is 161 Å². The third kappa shape index (κ3) is 2.18. The molecule has 0 saturated heterocycles. The van der Waals surface area contributed by atoms with Gasteiger partial charge in [-0.2, -0.15) is 5.10 Å². The fraction of sp³-hybridized carbons (Fsp3) is 0.136. The Bertz CT molecular complexity index is 1320. The summed E-state index contributed by atoms with van der Waals surface area (Å²) in [7, 11) is 0. The molecule has 0 saturated carbocycles. The fourth-order valence-corrected chi connectivity index (χ4v) is 4.36.